The molecule has 0 fully saturated rings. The van der Waals surface area contributed by atoms with Crippen LogP contribution in [0.2, 0.25) is 0 Å². The Morgan fingerprint density at radius 2 is 1.88 bits per heavy atom. The SMILES string of the molecule is Cc1nc2c(C(=O)NCc3ccc(C(F)(F)F)cc3)cccc2s1. The molecule has 1 heterocycles. The van der Waals surface area contributed by atoms with Crippen molar-refractivity contribution in [1.82, 2.24) is 10.3 Å². The Morgan fingerprint density at radius 1 is 1.17 bits per heavy atom. The number of nitrogens with zero attached hydrogens (tertiary/aromatic N) is 1. The van der Waals surface area contributed by atoms with Crippen molar-refractivity contribution >= 4 is 27.5 Å². The first kappa shape index (κ1) is 16.4. The molecular weight excluding hydrogens is 337 g/mol. The first-order valence-electron chi connectivity index (χ1n) is 7.15. The summed E-state index contributed by atoms with van der Waals surface area (Å²) in [7, 11) is 0. The predicted octanol–water partition coefficient (Wildman–Crippen LogP) is 4.55. The van der Waals surface area contributed by atoms with E-state index in [2.05, 4.69) is 10.3 Å². The number of halogens is 3. The topological polar surface area (TPSA) is 42.0 Å². The normalized spacial score (nSPS) is 11.7. The number of alkyl halides is 3. The minimum absolute atomic E-state index is 0.149. The zero-order valence-corrected chi connectivity index (χ0v) is 13.5. The third-order valence-corrected chi connectivity index (χ3v) is 4.44. The average Bonchev–Trinajstić information content (AvgIpc) is 2.92. The van der Waals surface area contributed by atoms with E-state index in [1.807, 2.05) is 13.0 Å². The summed E-state index contributed by atoms with van der Waals surface area (Å²) in [5.74, 6) is -0.300. The van der Waals surface area contributed by atoms with Gasteiger partial charge in [-0.25, -0.2) is 4.98 Å². The number of aryl methyl sites for hydroxylation is 1. The van der Waals surface area contributed by atoms with Crippen LogP contribution in [-0.2, 0) is 12.7 Å². The molecule has 3 aromatic rings. The Hall–Kier alpha value is -2.41. The Morgan fingerprint density at radius 3 is 2.54 bits per heavy atom. The molecular formula is C17H13F3N2OS. The fourth-order valence-electron chi connectivity index (χ4n) is 2.33. The Balaban J connectivity index is 1.73. The minimum Gasteiger partial charge on any atom is -0.348 e. The van der Waals surface area contributed by atoms with Crippen LogP contribution in [0.5, 0.6) is 0 Å². The molecule has 0 bridgehead atoms. The number of rotatable bonds is 3. The first-order chi connectivity index (χ1) is 11.3. The molecule has 0 aliphatic heterocycles. The maximum atomic E-state index is 12.5. The fraction of sp³-hybridized carbons (Fsp3) is 0.176. The van der Waals surface area contributed by atoms with Crippen molar-refractivity contribution in [3.8, 4) is 0 Å². The molecule has 3 rings (SSSR count). The van der Waals surface area contributed by atoms with Crippen molar-refractivity contribution in [3.63, 3.8) is 0 Å². The van der Waals surface area contributed by atoms with Crippen molar-refractivity contribution < 1.29 is 18.0 Å². The van der Waals surface area contributed by atoms with Crippen molar-refractivity contribution in [2.75, 3.05) is 0 Å². The highest BCUT2D eigenvalue weighted by Gasteiger charge is 2.29. The summed E-state index contributed by atoms with van der Waals surface area (Å²) in [5, 5.41) is 3.59. The van der Waals surface area contributed by atoms with E-state index in [1.165, 1.54) is 23.5 Å². The van der Waals surface area contributed by atoms with E-state index in [-0.39, 0.29) is 12.5 Å². The van der Waals surface area contributed by atoms with Crippen molar-refractivity contribution in [2.24, 2.45) is 0 Å². The van der Waals surface area contributed by atoms with Gasteiger partial charge in [0.15, 0.2) is 0 Å². The van der Waals surface area contributed by atoms with Crippen LogP contribution in [-0.4, -0.2) is 10.9 Å². The van der Waals surface area contributed by atoms with Crippen LogP contribution in [0.4, 0.5) is 13.2 Å². The summed E-state index contributed by atoms with van der Waals surface area (Å²) in [6, 6.07) is 10.1. The lowest BCUT2D eigenvalue weighted by Crippen LogP contribution is -2.23. The molecule has 0 spiro atoms. The number of hydrogen-bond donors (Lipinski definition) is 1. The number of amides is 1. The van der Waals surface area contributed by atoms with Gasteiger partial charge in [0.1, 0.15) is 0 Å². The highest BCUT2D eigenvalue weighted by molar-refractivity contribution is 7.18. The fourth-order valence-corrected chi connectivity index (χ4v) is 3.19. The van der Waals surface area contributed by atoms with Crippen LogP contribution in [0.3, 0.4) is 0 Å². The molecule has 0 saturated carbocycles. The maximum Gasteiger partial charge on any atom is 0.416 e. The molecule has 1 aromatic heterocycles. The number of para-hydroxylation sites is 1. The number of hydrogen-bond acceptors (Lipinski definition) is 3. The van der Waals surface area contributed by atoms with E-state index in [0.717, 1.165) is 21.8 Å². The zero-order valence-electron chi connectivity index (χ0n) is 12.6. The number of carbonyl (C=O) groups excluding carboxylic acids is 1. The molecule has 3 nitrogen and oxygen atoms in total. The Bertz CT molecular complexity index is 885. The summed E-state index contributed by atoms with van der Waals surface area (Å²) in [6.45, 7) is 2.02. The van der Waals surface area contributed by atoms with Gasteiger partial charge in [-0.3, -0.25) is 4.79 Å². The molecule has 1 N–H and O–H groups in total. The Kier molecular flexibility index (Phi) is 4.28. The third-order valence-electron chi connectivity index (χ3n) is 3.50. The van der Waals surface area contributed by atoms with Gasteiger partial charge in [-0.2, -0.15) is 13.2 Å². The molecule has 0 aliphatic carbocycles. The van der Waals surface area contributed by atoms with Crippen LogP contribution < -0.4 is 5.32 Å². The van der Waals surface area contributed by atoms with Gasteiger partial charge in [-0.15, -0.1) is 11.3 Å². The van der Waals surface area contributed by atoms with E-state index < -0.39 is 11.7 Å². The molecule has 0 radical (unpaired) electrons. The van der Waals surface area contributed by atoms with Gasteiger partial charge < -0.3 is 5.32 Å². The standard InChI is InChI=1S/C17H13F3N2OS/c1-10-22-15-13(3-2-4-14(15)24-10)16(23)21-9-11-5-7-12(8-6-11)17(18,19)20/h2-8H,9H2,1H3,(H,21,23). The van der Waals surface area contributed by atoms with Gasteiger partial charge in [0.25, 0.3) is 5.91 Å². The van der Waals surface area contributed by atoms with E-state index in [1.54, 1.807) is 12.1 Å². The minimum atomic E-state index is -4.36. The molecule has 124 valence electrons. The van der Waals surface area contributed by atoms with Gasteiger partial charge in [0.2, 0.25) is 0 Å². The third kappa shape index (κ3) is 3.41. The summed E-state index contributed by atoms with van der Waals surface area (Å²) in [6.07, 6.45) is -4.36. The van der Waals surface area contributed by atoms with Gasteiger partial charge in [0.05, 0.1) is 26.4 Å². The van der Waals surface area contributed by atoms with Gasteiger partial charge >= 0.3 is 6.18 Å². The summed E-state index contributed by atoms with van der Waals surface area (Å²) < 4.78 is 38.5. The molecule has 0 saturated heterocycles. The molecule has 2 aromatic carbocycles. The monoisotopic (exact) mass is 350 g/mol. The number of benzene rings is 2. The number of thiazole rings is 1. The smallest absolute Gasteiger partial charge is 0.348 e. The summed E-state index contributed by atoms with van der Waals surface area (Å²) in [5.41, 5.74) is 0.993. The van der Waals surface area contributed by atoms with Crippen molar-refractivity contribution in [3.05, 3.63) is 64.2 Å². The number of nitrogens with one attached hydrogen (secondary N) is 1. The van der Waals surface area contributed by atoms with Gasteiger partial charge in [0, 0.05) is 6.54 Å². The predicted molar refractivity (Wildman–Crippen MR) is 87.0 cm³/mol. The largest absolute Gasteiger partial charge is 0.416 e. The molecule has 7 heteroatoms. The quantitative estimate of drug-likeness (QED) is 0.753. The zero-order chi connectivity index (χ0) is 17.3. The molecule has 1 amide bonds. The second kappa shape index (κ2) is 6.24. The molecule has 0 aliphatic rings. The first-order valence-corrected chi connectivity index (χ1v) is 7.97. The number of aromatic nitrogens is 1. The van der Waals surface area contributed by atoms with Crippen LogP contribution >= 0.6 is 11.3 Å². The summed E-state index contributed by atoms with van der Waals surface area (Å²) >= 11 is 1.50. The van der Waals surface area contributed by atoms with Crippen LogP contribution in [0.15, 0.2) is 42.5 Å². The van der Waals surface area contributed by atoms with Crippen molar-refractivity contribution in [1.29, 1.82) is 0 Å². The average molecular weight is 350 g/mol. The van der Waals surface area contributed by atoms with E-state index in [4.69, 9.17) is 0 Å². The number of carbonyl (C=O) groups is 1. The van der Waals surface area contributed by atoms with E-state index in [0.29, 0.717) is 16.6 Å². The van der Waals surface area contributed by atoms with Crippen molar-refractivity contribution in [2.45, 2.75) is 19.6 Å². The molecule has 0 atom stereocenters. The lowest BCUT2D eigenvalue weighted by Gasteiger charge is -2.09. The van der Waals surface area contributed by atoms with Crippen LogP contribution in [0.25, 0.3) is 10.2 Å². The summed E-state index contributed by atoms with van der Waals surface area (Å²) in [4.78, 5) is 16.7. The lowest BCUT2D eigenvalue weighted by atomic mass is 10.1. The van der Waals surface area contributed by atoms with Crippen LogP contribution in [0.1, 0.15) is 26.5 Å². The van der Waals surface area contributed by atoms with Crippen LogP contribution in [0, 0.1) is 6.92 Å². The molecule has 0 unspecified atom stereocenters. The van der Waals surface area contributed by atoms with Gasteiger partial charge in [-0.1, -0.05) is 18.2 Å². The van der Waals surface area contributed by atoms with E-state index >= 15 is 0 Å². The highest BCUT2D eigenvalue weighted by Crippen LogP contribution is 2.29. The number of fused-ring (bicyclic) bond motifs is 1. The second-order valence-corrected chi connectivity index (χ2v) is 6.50. The maximum absolute atomic E-state index is 12.5. The second-order valence-electron chi connectivity index (χ2n) is 5.26. The lowest BCUT2D eigenvalue weighted by molar-refractivity contribution is -0.137. The van der Waals surface area contributed by atoms with E-state index in [9.17, 15) is 18.0 Å². The Labute approximate surface area is 140 Å². The van der Waals surface area contributed by atoms with Gasteiger partial charge in [-0.05, 0) is 36.8 Å². The molecule has 24 heavy (non-hydrogen) atoms. The highest BCUT2D eigenvalue weighted by atomic mass is 32.1.